The monoisotopic (exact) mass is 261 g/mol. The smallest absolute Gasteiger partial charge is 0.276 e. The molecule has 4 N–H and O–H groups in total. The molecular weight excluding hydrogens is 249 g/mol. The second-order valence-electron chi connectivity index (χ2n) is 3.86. The van der Waals surface area contributed by atoms with Gasteiger partial charge in [0.1, 0.15) is 5.82 Å². The Morgan fingerprint density at radius 1 is 1.26 bits per heavy atom. The maximum absolute atomic E-state index is 13.1. The summed E-state index contributed by atoms with van der Waals surface area (Å²) in [7, 11) is 0. The lowest BCUT2D eigenvalue weighted by Gasteiger charge is -2.07. The zero-order chi connectivity index (χ0) is 13.8. The van der Waals surface area contributed by atoms with Crippen LogP contribution in [0, 0.1) is 12.7 Å². The van der Waals surface area contributed by atoms with Gasteiger partial charge < -0.3 is 10.7 Å². The third-order valence-electron chi connectivity index (χ3n) is 2.49. The largest absolute Gasteiger partial charge is 0.320 e. The third kappa shape index (κ3) is 3.02. The Balaban J connectivity index is 2.18. The number of hydrazine groups is 1. The van der Waals surface area contributed by atoms with Crippen molar-refractivity contribution in [2.24, 2.45) is 5.84 Å². The highest BCUT2D eigenvalue weighted by atomic mass is 19.1. The van der Waals surface area contributed by atoms with Gasteiger partial charge in [0.15, 0.2) is 11.5 Å². The number of hydrogen-bond donors (Lipinski definition) is 3. The number of halogens is 1. The standard InChI is InChI=1S/C12H12FN5O/c1-7-2-3-8(13)6-10(7)15-12(19)9-4-5-11(16-14)18-17-9/h2-6H,14H2,1H3,(H,15,19)(H,16,18). The summed E-state index contributed by atoms with van der Waals surface area (Å²) in [6.07, 6.45) is 0. The van der Waals surface area contributed by atoms with Gasteiger partial charge >= 0.3 is 0 Å². The summed E-state index contributed by atoms with van der Waals surface area (Å²) in [6.45, 7) is 1.77. The molecule has 0 spiro atoms. The predicted octanol–water partition coefficient (Wildman–Crippen LogP) is 1.46. The van der Waals surface area contributed by atoms with Crippen LogP contribution in [-0.4, -0.2) is 16.1 Å². The van der Waals surface area contributed by atoms with E-state index >= 15 is 0 Å². The second-order valence-corrected chi connectivity index (χ2v) is 3.86. The molecule has 19 heavy (non-hydrogen) atoms. The van der Waals surface area contributed by atoms with Crippen molar-refractivity contribution in [3.05, 3.63) is 47.4 Å². The molecule has 0 atom stereocenters. The number of aromatic nitrogens is 2. The van der Waals surface area contributed by atoms with Crippen molar-refractivity contribution < 1.29 is 9.18 Å². The van der Waals surface area contributed by atoms with Gasteiger partial charge in [-0.1, -0.05) is 6.07 Å². The maximum atomic E-state index is 13.1. The van der Waals surface area contributed by atoms with Crippen LogP contribution in [0.3, 0.4) is 0 Å². The molecule has 0 aliphatic heterocycles. The molecule has 0 bridgehead atoms. The van der Waals surface area contributed by atoms with Gasteiger partial charge in [0.2, 0.25) is 0 Å². The van der Waals surface area contributed by atoms with Crippen LogP contribution in [0.1, 0.15) is 16.1 Å². The van der Waals surface area contributed by atoms with Crippen LogP contribution in [0.2, 0.25) is 0 Å². The van der Waals surface area contributed by atoms with Gasteiger partial charge in [0, 0.05) is 5.69 Å². The van der Waals surface area contributed by atoms with Crippen molar-refractivity contribution in [3.8, 4) is 0 Å². The van der Waals surface area contributed by atoms with Crippen LogP contribution in [0.25, 0.3) is 0 Å². The lowest BCUT2D eigenvalue weighted by Crippen LogP contribution is -2.16. The Morgan fingerprint density at radius 2 is 2.05 bits per heavy atom. The van der Waals surface area contributed by atoms with Crippen molar-refractivity contribution in [3.63, 3.8) is 0 Å². The highest BCUT2D eigenvalue weighted by Crippen LogP contribution is 2.16. The van der Waals surface area contributed by atoms with Gasteiger partial charge in [-0.15, -0.1) is 10.2 Å². The number of rotatable bonds is 3. The maximum Gasteiger partial charge on any atom is 0.276 e. The van der Waals surface area contributed by atoms with Crippen molar-refractivity contribution in [1.82, 2.24) is 10.2 Å². The Morgan fingerprint density at radius 3 is 2.68 bits per heavy atom. The van der Waals surface area contributed by atoms with Crippen LogP contribution in [0.4, 0.5) is 15.9 Å². The molecule has 0 unspecified atom stereocenters. The van der Waals surface area contributed by atoms with E-state index in [2.05, 4.69) is 20.9 Å². The van der Waals surface area contributed by atoms with Crippen molar-refractivity contribution in [1.29, 1.82) is 0 Å². The molecule has 0 fully saturated rings. The summed E-state index contributed by atoms with van der Waals surface area (Å²) < 4.78 is 13.1. The van der Waals surface area contributed by atoms with E-state index in [9.17, 15) is 9.18 Å². The first kappa shape index (κ1) is 12.9. The fraction of sp³-hybridized carbons (Fsp3) is 0.0833. The van der Waals surface area contributed by atoms with Gasteiger partial charge in [-0.2, -0.15) is 0 Å². The lowest BCUT2D eigenvalue weighted by atomic mass is 10.2. The molecule has 0 aliphatic rings. The molecule has 6 nitrogen and oxygen atoms in total. The number of nitrogen functional groups attached to an aromatic ring is 1. The van der Waals surface area contributed by atoms with Crippen LogP contribution >= 0.6 is 0 Å². The minimum absolute atomic E-state index is 0.114. The molecule has 2 aromatic rings. The Bertz CT molecular complexity index is 600. The van der Waals surface area contributed by atoms with E-state index in [-0.39, 0.29) is 5.69 Å². The number of amides is 1. The number of benzene rings is 1. The van der Waals surface area contributed by atoms with Gasteiger partial charge in [-0.3, -0.25) is 4.79 Å². The van der Waals surface area contributed by atoms with Crippen LogP contribution in [-0.2, 0) is 0 Å². The molecule has 1 aromatic carbocycles. The van der Waals surface area contributed by atoms with E-state index in [1.54, 1.807) is 13.0 Å². The minimum atomic E-state index is -0.468. The minimum Gasteiger partial charge on any atom is -0.320 e. The number of nitrogens with zero attached hydrogens (tertiary/aromatic N) is 2. The van der Waals surface area contributed by atoms with Crippen molar-refractivity contribution in [2.75, 3.05) is 10.7 Å². The second kappa shape index (κ2) is 5.40. The normalized spacial score (nSPS) is 10.1. The first-order chi connectivity index (χ1) is 9.10. The van der Waals surface area contributed by atoms with Crippen molar-refractivity contribution in [2.45, 2.75) is 6.92 Å². The number of carbonyl (C=O) groups excluding carboxylic acids is 1. The Hall–Kier alpha value is -2.54. The number of carbonyl (C=O) groups is 1. The SMILES string of the molecule is Cc1ccc(F)cc1NC(=O)c1ccc(NN)nn1. The summed E-state index contributed by atoms with van der Waals surface area (Å²) in [5, 5.41) is 9.95. The van der Waals surface area contributed by atoms with Gasteiger partial charge in [0.05, 0.1) is 0 Å². The molecule has 1 amide bonds. The molecular formula is C12H12FN5O. The summed E-state index contributed by atoms with van der Waals surface area (Å²) in [6, 6.07) is 7.13. The number of nitrogens with two attached hydrogens (primary N) is 1. The molecule has 0 saturated carbocycles. The fourth-order valence-electron chi connectivity index (χ4n) is 1.45. The van der Waals surface area contributed by atoms with E-state index in [1.165, 1.54) is 24.3 Å². The quantitative estimate of drug-likeness (QED) is 0.574. The summed E-state index contributed by atoms with van der Waals surface area (Å²) in [5.41, 5.74) is 3.57. The average Bonchev–Trinajstić information content (AvgIpc) is 2.43. The van der Waals surface area contributed by atoms with E-state index < -0.39 is 11.7 Å². The van der Waals surface area contributed by atoms with Gasteiger partial charge in [0.25, 0.3) is 5.91 Å². The van der Waals surface area contributed by atoms with Crippen molar-refractivity contribution >= 4 is 17.4 Å². The Labute approximate surface area is 108 Å². The molecule has 98 valence electrons. The first-order valence-electron chi connectivity index (χ1n) is 5.48. The number of hydrogen-bond acceptors (Lipinski definition) is 5. The number of anilines is 2. The zero-order valence-corrected chi connectivity index (χ0v) is 10.1. The highest BCUT2D eigenvalue weighted by Gasteiger charge is 2.10. The third-order valence-corrected chi connectivity index (χ3v) is 2.49. The summed E-state index contributed by atoms with van der Waals surface area (Å²) >= 11 is 0. The van der Waals surface area contributed by atoms with Crippen LogP contribution in [0.5, 0.6) is 0 Å². The van der Waals surface area contributed by atoms with Gasteiger partial charge in [-0.05, 0) is 36.8 Å². The summed E-state index contributed by atoms with van der Waals surface area (Å²) in [4.78, 5) is 11.9. The Kier molecular flexibility index (Phi) is 3.67. The predicted molar refractivity (Wildman–Crippen MR) is 68.9 cm³/mol. The van der Waals surface area contributed by atoms with E-state index in [0.717, 1.165) is 5.56 Å². The molecule has 0 aliphatic carbocycles. The van der Waals surface area contributed by atoms with Crippen LogP contribution < -0.4 is 16.6 Å². The molecule has 0 saturated heterocycles. The molecule has 2 rings (SSSR count). The summed E-state index contributed by atoms with van der Waals surface area (Å²) in [5.74, 6) is 4.60. The highest BCUT2D eigenvalue weighted by molar-refractivity contribution is 6.03. The zero-order valence-electron chi connectivity index (χ0n) is 10.1. The van der Waals surface area contributed by atoms with E-state index in [4.69, 9.17) is 5.84 Å². The number of aryl methyl sites for hydroxylation is 1. The molecule has 0 radical (unpaired) electrons. The first-order valence-corrected chi connectivity index (χ1v) is 5.48. The fourth-order valence-corrected chi connectivity index (χ4v) is 1.45. The molecule has 7 heteroatoms. The van der Waals surface area contributed by atoms with Crippen LogP contribution in [0.15, 0.2) is 30.3 Å². The lowest BCUT2D eigenvalue weighted by molar-refractivity contribution is 0.102. The molecule has 1 heterocycles. The average molecular weight is 261 g/mol. The van der Waals surface area contributed by atoms with Gasteiger partial charge in [-0.25, -0.2) is 10.2 Å². The molecule has 1 aromatic heterocycles. The topological polar surface area (TPSA) is 92.9 Å². The van der Waals surface area contributed by atoms with E-state index in [0.29, 0.717) is 11.5 Å². The number of nitrogens with one attached hydrogen (secondary N) is 2. The van der Waals surface area contributed by atoms with E-state index in [1.807, 2.05) is 0 Å².